The number of rotatable bonds is 2. The van der Waals surface area contributed by atoms with E-state index in [-0.39, 0.29) is 0 Å². The maximum Gasteiger partial charge on any atom is 0.125 e. The fourth-order valence-electron chi connectivity index (χ4n) is 1.97. The maximum absolute atomic E-state index is 10.5. The second-order valence-electron chi connectivity index (χ2n) is 3.82. The van der Waals surface area contributed by atoms with Gasteiger partial charge < -0.3 is 4.79 Å². The van der Waals surface area contributed by atoms with Gasteiger partial charge in [-0.15, -0.1) is 11.3 Å². The SMILES string of the molecule is O=CCc1cc2cc3ccccc3cc2s1. The monoisotopic (exact) mass is 226 g/mol. The Balaban J connectivity index is 2.29. The van der Waals surface area contributed by atoms with Gasteiger partial charge in [-0.3, -0.25) is 0 Å². The molecule has 0 radical (unpaired) electrons. The second-order valence-corrected chi connectivity index (χ2v) is 4.99. The van der Waals surface area contributed by atoms with Crippen molar-refractivity contribution in [3.63, 3.8) is 0 Å². The van der Waals surface area contributed by atoms with Crippen LogP contribution in [0.3, 0.4) is 0 Å². The zero-order valence-electron chi connectivity index (χ0n) is 8.64. The smallest absolute Gasteiger partial charge is 0.125 e. The summed E-state index contributed by atoms with van der Waals surface area (Å²) in [5, 5.41) is 3.75. The van der Waals surface area contributed by atoms with Crippen LogP contribution in [0, 0.1) is 0 Å². The van der Waals surface area contributed by atoms with Gasteiger partial charge in [0.25, 0.3) is 0 Å². The van der Waals surface area contributed by atoms with Crippen molar-refractivity contribution in [1.82, 2.24) is 0 Å². The van der Waals surface area contributed by atoms with E-state index in [0.717, 1.165) is 11.2 Å². The van der Waals surface area contributed by atoms with Crippen molar-refractivity contribution in [1.29, 1.82) is 0 Å². The van der Waals surface area contributed by atoms with Gasteiger partial charge in [0.15, 0.2) is 0 Å². The minimum atomic E-state index is 0.524. The lowest BCUT2D eigenvalue weighted by atomic mass is 10.1. The highest BCUT2D eigenvalue weighted by Gasteiger charge is 2.02. The molecule has 3 rings (SSSR count). The summed E-state index contributed by atoms with van der Waals surface area (Å²) in [5.41, 5.74) is 0. The van der Waals surface area contributed by atoms with E-state index >= 15 is 0 Å². The Morgan fingerprint density at radius 2 is 1.75 bits per heavy atom. The number of aldehydes is 1. The molecule has 0 amide bonds. The number of fused-ring (bicyclic) bond motifs is 2. The van der Waals surface area contributed by atoms with Crippen molar-refractivity contribution in [3.8, 4) is 0 Å². The molecule has 0 N–H and O–H groups in total. The Bertz CT molecular complexity index is 614. The summed E-state index contributed by atoms with van der Waals surface area (Å²) in [6.07, 6.45) is 1.49. The molecule has 0 fully saturated rings. The van der Waals surface area contributed by atoms with Crippen molar-refractivity contribution >= 4 is 38.5 Å². The Kier molecular flexibility index (Phi) is 2.22. The van der Waals surface area contributed by atoms with E-state index in [0.29, 0.717) is 6.42 Å². The molecule has 1 heterocycles. The molecular weight excluding hydrogens is 216 g/mol. The van der Waals surface area contributed by atoms with Gasteiger partial charge in [0.2, 0.25) is 0 Å². The summed E-state index contributed by atoms with van der Waals surface area (Å²) in [5.74, 6) is 0. The first-order valence-corrected chi connectivity index (χ1v) is 6.03. The van der Waals surface area contributed by atoms with Crippen molar-refractivity contribution in [2.24, 2.45) is 0 Å². The average molecular weight is 226 g/mol. The van der Waals surface area contributed by atoms with Gasteiger partial charge in [0.1, 0.15) is 6.29 Å². The Morgan fingerprint density at radius 3 is 2.50 bits per heavy atom. The van der Waals surface area contributed by atoms with Crippen LogP contribution >= 0.6 is 11.3 Å². The highest BCUT2D eigenvalue weighted by molar-refractivity contribution is 7.19. The minimum absolute atomic E-state index is 0.524. The van der Waals surface area contributed by atoms with Crippen molar-refractivity contribution < 1.29 is 4.79 Å². The second kappa shape index (κ2) is 3.72. The van der Waals surface area contributed by atoms with Crippen molar-refractivity contribution in [2.75, 3.05) is 0 Å². The van der Waals surface area contributed by atoms with Crippen LogP contribution in [0.1, 0.15) is 4.88 Å². The maximum atomic E-state index is 10.5. The molecule has 2 aromatic carbocycles. The summed E-state index contributed by atoms with van der Waals surface area (Å²) < 4.78 is 1.26. The van der Waals surface area contributed by atoms with Crippen LogP contribution < -0.4 is 0 Å². The van der Waals surface area contributed by atoms with Crippen LogP contribution in [0.2, 0.25) is 0 Å². The highest BCUT2D eigenvalue weighted by Crippen LogP contribution is 2.29. The Hall–Kier alpha value is -1.67. The first kappa shape index (κ1) is 9.55. The number of hydrogen-bond acceptors (Lipinski definition) is 2. The topological polar surface area (TPSA) is 17.1 Å². The number of carbonyl (C=O) groups excluding carboxylic acids is 1. The van der Waals surface area contributed by atoms with E-state index in [9.17, 15) is 4.79 Å². The molecule has 0 atom stereocenters. The third kappa shape index (κ3) is 1.51. The first-order valence-electron chi connectivity index (χ1n) is 5.22. The number of carbonyl (C=O) groups is 1. The van der Waals surface area contributed by atoms with E-state index < -0.39 is 0 Å². The Morgan fingerprint density at radius 1 is 1.00 bits per heavy atom. The predicted octanol–water partition coefficient (Wildman–Crippen LogP) is 3.80. The molecule has 0 aliphatic carbocycles. The lowest BCUT2D eigenvalue weighted by molar-refractivity contribution is -0.107. The van der Waals surface area contributed by atoms with Gasteiger partial charge in [-0.25, -0.2) is 0 Å². The van der Waals surface area contributed by atoms with E-state index in [1.54, 1.807) is 11.3 Å². The molecule has 0 aliphatic heterocycles. The number of hydrogen-bond donors (Lipinski definition) is 0. The van der Waals surface area contributed by atoms with Gasteiger partial charge in [-0.1, -0.05) is 24.3 Å². The van der Waals surface area contributed by atoms with E-state index in [1.165, 1.54) is 20.9 Å². The normalized spacial score (nSPS) is 11.0. The van der Waals surface area contributed by atoms with Gasteiger partial charge in [-0.2, -0.15) is 0 Å². The molecule has 0 saturated heterocycles. The fourth-order valence-corrected chi connectivity index (χ4v) is 3.01. The van der Waals surface area contributed by atoms with Gasteiger partial charge >= 0.3 is 0 Å². The molecule has 0 bridgehead atoms. The van der Waals surface area contributed by atoms with Crippen LogP contribution in [-0.4, -0.2) is 6.29 Å². The Labute approximate surface area is 97.3 Å². The van der Waals surface area contributed by atoms with Crippen molar-refractivity contribution in [2.45, 2.75) is 6.42 Å². The molecular formula is C14H10OS. The first-order chi connectivity index (χ1) is 7.86. The molecule has 1 aromatic heterocycles. The van der Waals surface area contributed by atoms with Crippen LogP contribution in [0.5, 0.6) is 0 Å². The summed E-state index contributed by atoms with van der Waals surface area (Å²) in [6, 6.07) is 14.8. The van der Waals surface area contributed by atoms with Crippen LogP contribution in [0.15, 0.2) is 42.5 Å². The molecule has 3 aromatic rings. The lowest BCUT2D eigenvalue weighted by Gasteiger charge is -1.96. The molecule has 0 aliphatic rings. The number of thiophene rings is 1. The summed E-state index contributed by atoms with van der Waals surface area (Å²) in [6.45, 7) is 0. The fraction of sp³-hybridized carbons (Fsp3) is 0.0714. The molecule has 1 nitrogen and oxygen atoms in total. The van der Waals surface area contributed by atoms with E-state index in [1.807, 2.05) is 12.1 Å². The zero-order chi connectivity index (χ0) is 11.0. The minimum Gasteiger partial charge on any atom is -0.303 e. The third-order valence-electron chi connectivity index (χ3n) is 2.72. The quantitative estimate of drug-likeness (QED) is 0.607. The third-order valence-corrected chi connectivity index (χ3v) is 3.84. The summed E-state index contributed by atoms with van der Waals surface area (Å²) in [4.78, 5) is 11.6. The molecule has 0 unspecified atom stereocenters. The van der Waals surface area contributed by atoms with Crippen LogP contribution in [0.4, 0.5) is 0 Å². The van der Waals surface area contributed by atoms with Crippen molar-refractivity contribution in [3.05, 3.63) is 47.3 Å². The van der Waals surface area contributed by atoms with E-state index in [4.69, 9.17) is 0 Å². The van der Waals surface area contributed by atoms with Gasteiger partial charge in [-0.05, 0) is 34.4 Å². The molecule has 16 heavy (non-hydrogen) atoms. The lowest BCUT2D eigenvalue weighted by Crippen LogP contribution is -1.76. The average Bonchev–Trinajstić information content (AvgIpc) is 2.67. The number of benzene rings is 2. The van der Waals surface area contributed by atoms with Gasteiger partial charge in [0, 0.05) is 16.0 Å². The molecule has 0 saturated carbocycles. The molecule has 0 spiro atoms. The zero-order valence-corrected chi connectivity index (χ0v) is 9.46. The van der Waals surface area contributed by atoms with Crippen LogP contribution in [-0.2, 0) is 11.2 Å². The van der Waals surface area contributed by atoms with Crippen LogP contribution in [0.25, 0.3) is 20.9 Å². The molecule has 78 valence electrons. The highest BCUT2D eigenvalue weighted by atomic mass is 32.1. The molecule has 2 heteroatoms. The largest absolute Gasteiger partial charge is 0.303 e. The van der Waals surface area contributed by atoms with Gasteiger partial charge in [0.05, 0.1) is 0 Å². The predicted molar refractivity (Wildman–Crippen MR) is 69.1 cm³/mol. The standard InChI is InChI=1S/C14H10OS/c15-6-5-13-8-12-7-10-3-1-2-4-11(10)9-14(12)16-13/h1-4,6-9H,5H2. The summed E-state index contributed by atoms with van der Waals surface area (Å²) in [7, 11) is 0. The van der Waals surface area contributed by atoms with E-state index in [2.05, 4.69) is 30.3 Å². The summed E-state index contributed by atoms with van der Waals surface area (Å²) >= 11 is 1.71.